The monoisotopic (exact) mass is 255 g/mol. The molecule has 1 fully saturated rings. The summed E-state index contributed by atoms with van der Waals surface area (Å²) >= 11 is 0. The fraction of sp³-hybridized carbons (Fsp3) is 0.545. The van der Waals surface area contributed by atoms with Gasteiger partial charge in [0.1, 0.15) is 0 Å². The van der Waals surface area contributed by atoms with E-state index in [4.69, 9.17) is 5.73 Å². The first-order chi connectivity index (χ1) is 8.00. The Balaban J connectivity index is 2.40. The van der Waals surface area contributed by atoms with E-state index in [1.807, 2.05) is 6.92 Å². The molecule has 2 heterocycles. The number of aromatic nitrogens is 1. The van der Waals surface area contributed by atoms with Crippen molar-refractivity contribution in [2.45, 2.75) is 30.3 Å². The van der Waals surface area contributed by atoms with Gasteiger partial charge in [0.15, 0.2) is 5.03 Å². The summed E-state index contributed by atoms with van der Waals surface area (Å²) in [6.07, 6.45) is 3.14. The highest BCUT2D eigenvalue weighted by Crippen LogP contribution is 2.32. The van der Waals surface area contributed by atoms with Crippen LogP contribution < -0.4 is 5.73 Å². The summed E-state index contributed by atoms with van der Waals surface area (Å²) in [5.74, 6) is 0. The van der Waals surface area contributed by atoms with Gasteiger partial charge in [0.2, 0.25) is 0 Å². The molecule has 1 atom stereocenters. The van der Waals surface area contributed by atoms with Gasteiger partial charge in [0.05, 0.1) is 0 Å². The van der Waals surface area contributed by atoms with Crippen LogP contribution in [0.5, 0.6) is 0 Å². The van der Waals surface area contributed by atoms with Crippen molar-refractivity contribution in [1.82, 2.24) is 9.29 Å². The Morgan fingerprint density at radius 2 is 2.29 bits per heavy atom. The second-order valence-electron chi connectivity index (χ2n) is 4.55. The van der Waals surface area contributed by atoms with Crippen molar-refractivity contribution in [3.63, 3.8) is 0 Å². The molecule has 1 aromatic heterocycles. The van der Waals surface area contributed by atoms with E-state index in [0.29, 0.717) is 13.1 Å². The number of nitrogens with two attached hydrogens (primary N) is 1. The van der Waals surface area contributed by atoms with E-state index in [2.05, 4.69) is 4.98 Å². The van der Waals surface area contributed by atoms with Gasteiger partial charge in [0.25, 0.3) is 10.0 Å². The predicted molar refractivity (Wildman–Crippen MR) is 64.8 cm³/mol. The summed E-state index contributed by atoms with van der Waals surface area (Å²) in [6.45, 7) is 2.74. The second-order valence-corrected chi connectivity index (χ2v) is 6.36. The number of sulfonamides is 1. The van der Waals surface area contributed by atoms with Gasteiger partial charge in [0, 0.05) is 24.8 Å². The molecule has 1 saturated heterocycles. The van der Waals surface area contributed by atoms with Gasteiger partial charge in [-0.2, -0.15) is 4.31 Å². The van der Waals surface area contributed by atoms with Gasteiger partial charge >= 0.3 is 0 Å². The molecule has 0 saturated carbocycles. The lowest BCUT2D eigenvalue weighted by Gasteiger charge is -2.32. The van der Waals surface area contributed by atoms with E-state index in [9.17, 15) is 8.42 Å². The maximum Gasteiger partial charge on any atom is 0.261 e. The first-order valence-electron chi connectivity index (χ1n) is 5.65. The smallest absolute Gasteiger partial charge is 0.261 e. The van der Waals surface area contributed by atoms with Crippen LogP contribution >= 0.6 is 0 Å². The Kier molecular flexibility index (Phi) is 3.20. The molecule has 6 heteroatoms. The lowest BCUT2D eigenvalue weighted by Crippen LogP contribution is -2.50. The summed E-state index contributed by atoms with van der Waals surface area (Å²) in [4.78, 5) is 3.92. The molecule has 5 nitrogen and oxygen atoms in total. The van der Waals surface area contributed by atoms with Gasteiger partial charge in [-0.05, 0) is 31.9 Å². The van der Waals surface area contributed by atoms with Crippen molar-refractivity contribution in [3.05, 3.63) is 24.4 Å². The van der Waals surface area contributed by atoms with Crippen LogP contribution in [-0.4, -0.2) is 36.3 Å². The molecule has 1 aliphatic heterocycles. The van der Waals surface area contributed by atoms with E-state index in [1.165, 1.54) is 16.6 Å². The van der Waals surface area contributed by atoms with Crippen LogP contribution in [0.3, 0.4) is 0 Å². The molecule has 1 unspecified atom stereocenters. The first kappa shape index (κ1) is 12.5. The maximum atomic E-state index is 12.4. The minimum Gasteiger partial charge on any atom is -0.329 e. The van der Waals surface area contributed by atoms with Gasteiger partial charge in [-0.3, -0.25) is 0 Å². The van der Waals surface area contributed by atoms with Crippen molar-refractivity contribution in [2.24, 2.45) is 5.73 Å². The maximum absolute atomic E-state index is 12.4. The summed E-state index contributed by atoms with van der Waals surface area (Å²) in [6, 6.07) is 4.89. The van der Waals surface area contributed by atoms with E-state index < -0.39 is 15.6 Å². The molecular formula is C11H17N3O2S. The SMILES string of the molecule is CC1(CN)CCCN1S(=O)(=O)c1ccccn1. The third-order valence-corrected chi connectivity index (χ3v) is 5.28. The zero-order chi connectivity index (χ0) is 12.5. The molecule has 0 aromatic carbocycles. The second kappa shape index (κ2) is 4.36. The Morgan fingerprint density at radius 1 is 1.53 bits per heavy atom. The zero-order valence-electron chi connectivity index (χ0n) is 9.83. The van der Waals surface area contributed by atoms with Gasteiger partial charge in [-0.15, -0.1) is 0 Å². The average Bonchev–Trinajstić information content (AvgIpc) is 2.74. The zero-order valence-corrected chi connectivity index (χ0v) is 10.7. The van der Waals surface area contributed by atoms with Crippen molar-refractivity contribution >= 4 is 10.0 Å². The number of pyridine rings is 1. The summed E-state index contributed by atoms with van der Waals surface area (Å²) in [5, 5.41) is 0.0987. The highest BCUT2D eigenvalue weighted by Gasteiger charge is 2.43. The van der Waals surface area contributed by atoms with Crippen molar-refractivity contribution in [1.29, 1.82) is 0 Å². The standard InChI is InChI=1S/C11H17N3O2S/c1-11(9-12)6-4-8-14(11)17(15,16)10-5-2-3-7-13-10/h2-3,5,7H,4,6,8-9,12H2,1H3. The normalized spacial score (nSPS) is 26.2. The fourth-order valence-electron chi connectivity index (χ4n) is 2.22. The molecule has 0 radical (unpaired) electrons. The topological polar surface area (TPSA) is 76.3 Å². The Labute approximate surface area is 102 Å². The lowest BCUT2D eigenvalue weighted by atomic mass is 10.0. The summed E-state index contributed by atoms with van der Waals surface area (Å²) < 4.78 is 26.3. The van der Waals surface area contributed by atoms with E-state index in [0.717, 1.165) is 12.8 Å². The van der Waals surface area contributed by atoms with E-state index >= 15 is 0 Å². The number of hydrogen-bond acceptors (Lipinski definition) is 4. The van der Waals surface area contributed by atoms with Crippen molar-refractivity contribution in [2.75, 3.05) is 13.1 Å². The van der Waals surface area contributed by atoms with Crippen molar-refractivity contribution in [3.8, 4) is 0 Å². The fourth-order valence-corrected chi connectivity index (χ4v) is 4.01. The van der Waals surface area contributed by atoms with Crippen molar-refractivity contribution < 1.29 is 8.42 Å². The third kappa shape index (κ3) is 2.08. The highest BCUT2D eigenvalue weighted by molar-refractivity contribution is 7.89. The number of rotatable bonds is 3. The molecule has 0 amide bonds. The first-order valence-corrected chi connectivity index (χ1v) is 7.09. The number of hydrogen-bond donors (Lipinski definition) is 1. The third-order valence-electron chi connectivity index (χ3n) is 3.31. The number of nitrogens with zero attached hydrogens (tertiary/aromatic N) is 2. The molecule has 2 N–H and O–H groups in total. The Hall–Kier alpha value is -0.980. The molecule has 0 spiro atoms. The van der Waals surface area contributed by atoms with Crippen LogP contribution in [0.4, 0.5) is 0 Å². The van der Waals surface area contributed by atoms with Crippen LogP contribution in [0.25, 0.3) is 0 Å². The van der Waals surface area contributed by atoms with Gasteiger partial charge in [-0.1, -0.05) is 6.07 Å². The minimum absolute atomic E-state index is 0.0987. The Bertz CT molecular complexity index is 489. The van der Waals surface area contributed by atoms with E-state index in [-0.39, 0.29) is 5.03 Å². The quantitative estimate of drug-likeness (QED) is 0.857. The van der Waals surface area contributed by atoms with E-state index in [1.54, 1.807) is 12.1 Å². The molecule has 17 heavy (non-hydrogen) atoms. The molecule has 0 bridgehead atoms. The average molecular weight is 255 g/mol. The molecule has 94 valence electrons. The lowest BCUT2D eigenvalue weighted by molar-refractivity contribution is 0.273. The van der Waals surface area contributed by atoms with Crippen LogP contribution in [0.1, 0.15) is 19.8 Å². The summed E-state index contributed by atoms with van der Waals surface area (Å²) in [5.41, 5.74) is 5.23. The summed E-state index contributed by atoms with van der Waals surface area (Å²) in [7, 11) is -3.52. The van der Waals surface area contributed by atoms with Crippen LogP contribution in [0, 0.1) is 0 Å². The predicted octanol–water partition coefficient (Wildman–Crippen LogP) is 0.583. The Morgan fingerprint density at radius 3 is 2.88 bits per heavy atom. The van der Waals surface area contributed by atoms with Gasteiger partial charge in [-0.25, -0.2) is 13.4 Å². The highest BCUT2D eigenvalue weighted by atomic mass is 32.2. The molecule has 0 aliphatic carbocycles. The molecule has 1 aliphatic rings. The largest absolute Gasteiger partial charge is 0.329 e. The van der Waals surface area contributed by atoms with Crippen LogP contribution in [-0.2, 0) is 10.0 Å². The van der Waals surface area contributed by atoms with Gasteiger partial charge < -0.3 is 5.73 Å². The molecule has 2 rings (SSSR count). The van der Waals surface area contributed by atoms with Crippen LogP contribution in [0.2, 0.25) is 0 Å². The van der Waals surface area contributed by atoms with Crippen LogP contribution in [0.15, 0.2) is 29.4 Å². The minimum atomic E-state index is -3.52. The molecule has 1 aromatic rings. The molecular weight excluding hydrogens is 238 g/mol.